The van der Waals surface area contributed by atoms with Gasteiger partial charge in [-0.1, -0.05) is 6.92 Å². The van der Waals surface area contributed by atoms with Crippen molar-refractivity contribution in [3.63, 3.8) is 0 Å². The lowest BCUT2D eigenvalue weighted by Crippen LogP contribution is -2.28. The van der Waals surface area contributed by atoms with Crippen molar-refractivity contribution in [1.29, 1.82) is 0 Å². The van der Waals surface area contributed by atoms with Crippen LogP contribution in [0.15, 0.2) is 6.33 Å². The third kappa shape index (κ3) is 5.39. The Bertz CT molecular complexity index is 504. The molecule has 8 heteroatoms. The molecule has 0 spiro atoms. The third-order valence-electron chi connectivity index (χ3n) is 2.42. The van der Waals surface area contributed by atoms with Crippen molar-refractivity contribution in [2.75, 3.05) is 36.5 Å². The van der Waals surface area contributed by atoms with Gasteiger partial charge >= 0.3 is 0 Å². The third-order valence-corrected chi connectivity index (χ3v) is 3.15. The summed E-state index contributed by atoms with van der Waals surface area (Å²) in [5.41, 5.74) is 1.00. The van der Waals surface area contributed by atoms with Gasteiger partial charge in [0.1, 0.15) is 18.0 Å². The molecule has 7 nitrogen and oxygen atoms in total. The fraction of sp³-hybridized carbons (Fsp3) is 0.636. The van der Waals surface area contributed by atoms with Crippen LogP contribution in [-0.4, -0.2) is 44.3 Å². The molecule has 0 aliphatic heterocycles. The average Bonchev–Trinajstić information content (AvgIpc) is 2.34. The lowest BCUT2D eigenvalue weighted by atomic mass is 10.2. The van der Waals surface area contributed by atoms with Crippen LogP contribution in [0, 0.1) is 0 Å². The second kappa shape index (κ2) is 7.25. The fourth-order valence-electron chi connectivity index (χ4n) is 1.64. The van der Waals surface area contributed by atoms with Gasteiger partial charge in [-0.2, -0.15) is 0 Å². The summed E-state index contributed by atoms with van der Waals surface area (Å²) in [6.07, 6.45) is 3.42. The Labute approximate surface area is 114 Å². The zero-order valence-corrected chi connectivity index (χ0v) is 12.3. The summed E-state index contributed by atoms with van der Waals surface area (Å²) in [5, 5.41) is 6.30. The Kier molecular flexibility index (Phi) is 5.97. The second-order valence-corrected chi connectivity index (χ2v) is 5.86. The molecule has 1 rings (SSSR count). The lowest BCUT2D eigenvalue weighted by molar-refractivity contribution is 0.589. The van der Waals surface area contributed by atoms with Crippen LogP contribution in [-0.2, 0) is 16.4 Å². The van der Waals surface area contributed by atoms with Crippen LogP contribution in [0.3, 0.4) is 0 Å². The van der Waals surface area contributed by atoms with E-state index in [1.807, 2.05) is 13.8 Å². The Hall–Kier alpha value is -1.41. The van der Waals surface area contributed by atoms with Crippen LogP contribution in [0.1, 0.15) is 19.4 Å². The standard InChI is InChI=1S/C11H21N5O2S/c1-4-9-10(12-5-2)14-8-15-11(9)13-6-7-16-19(3,17)18/h8,16H,4-7H2,1-3H3,(H2,12,13,14,15). The van der Waals surface area contributed by atoms with E-state index in [1.54, 1.807) is 0 Å². The van der Waals surface area contributed by atoms with E-state index in [4.69, 9.17) is 0 Å². The van der Waals surface area contributed by atoms with E-state index in [-0.39, 0.29) is 0 Å². The lowest BCUT2D eigenvalue weighted by Gasteiger charge is -2.13. The molecule has 0 radical (unpaired) electrons. The summed E-state index contributed by atoms with van der Waals surface area (Å²) >= 11 is 0. The molecular formula is C11H21N5O2S. The molecule has 0 aliphatic carbocycles. The highest BCUT2D eigenvalue weighted by molar-refractivity contribution is 7.88. The summed E-state index contributed by atoms with van der Waals surface area (Å²) in [7, 11) is -3.15. The van der Waals surface area contributed by atoms with Gasteiger partial charge in [0.2, 0.25) is 10.0 Å². The van der Waals surface area contributed by atoms with Crippen LogP contribution in [0.5, 0.6) is 0 Å². The molecule has 0 fully saturated rings. The van der Waals surface area contributed by atoms with E-state index < -0.39 is 10.0 Å². The van der Waals surface area contributed by atoms with Crippen LogP contribution in [0.4, 0.5) is 11.6 Å². The Morgan fingerprint density at radius 2 is 1.74 bits per heavy atom. The molecular weight excluding hydrogens is 266 g/mol. The summed E-state index contributed by atoms with van der Waals surface area (Å²) < 4.78 is 24.3. The molecule has 0 saturated heterocycles. The van der Waals surface area contributed by atoms with Gasteiger partial charge in [-0.25, -0.2) is 23.1 Å². The van der Waals surface area contributed by atoms with E-state index in [9.17, 15) is 8.42 Å². The molecule has 1 aromatic heterocycles. The molecule has 0 aliphatic rings. The van der Waals surface area contributed by atoms with E-state index >= 15 is 0 Å². The van der Waals surface area contributed by atoms with E-state index in [2.05, 4.69) is 25.3 Å². The highest BCUT2D eigenvalue weighted by Crippen LogP contribution is 2.19. The fourth-order valence-corrected chi connectivity index (χ4v) is 2.11. The van der Waals surface area contributed by atoms with Gasteiger partial charge in [-0.3, -0.25) is 0 Å². The predicted octanol–water partition coefficient (Wildman–Crippen LogP) is 0.432. The van der Waals surface area contributed by atoms with Gasteiger partial charge in [-0.15, -0.1) is 0 Å². The first-order chi connectivity index (χ1) is 8.98. The van der Waals surface area contributed by atoms with Crippen molar-refractivity contribution in [2.45, 2.75) is 20.3 Å². The Balaban J connectivity index is 2.65. The molecule has 108 valence electrons. The smallest absolute Gasteiger partial charge is 0.208 e. The summed E-state index contributed by atoms with van der Waals surface area (Å²) in [6, 6.07) is 0. The van der Waals surface area contributed by atoms with E-state index in [0.29, 0.717) is 13.1 Å². The number of aromatic nitrogens is 2. The number of sulfonamides is 1. The van der Waals surface area contributed by atoms with Crippen molar-refractivity contribution in [2.24, 2.45) is 0 Å². The maximum atomic E-state index is 10.9. The van der Waals surface area contributed by atoms with Crippen molar-refractivity contribution in [1.82, 2.24) is 14.7 Å². The topological polar surface area (TPSA) is 96.0 Å². The summed E-state index contributed by atoms with van der Waals surface area (Å²) in [4.78, 5) is 8.38. The van der Waals surface area contributed by atoms with Crippen molar-refractivity contribution >= 4 is 21.7 Å². The predicted molar refractivity (Wildman–Crippen MR) is 76.9 cm³/mol. The molecule has 0 atom stereocenters. The minimum Gasteiger partial charge on any atom is -0.370 e. The van der Waals surface area contributed by atoms with Gasteiger partial charge < -0.3 is 10.6 Å². The monoisotopic (exact) mass is 287 g/mol. The van der Waals surface area contributed by atoms with Gasteiger partial charge in [0.25, 0.3) is 0 Å². The normalized spacial score (nSPS) is 11.3. The van der Waals surface area contributed by atoms with Gasteiger partial charge in [0.05, 0.1) is 6.26 Å². The number of hydrogen-bond donors (Lipinski definition) is 3. The average molecular weight is 287 g/mol. The number of nitrogens with one attached hydrogen (secondary N) is 3. The van der Waals surface area contributed by atoms with Crippen molar-refractivity contribution in [3.05, 3.63) is 11.9 Å². The quantitative estimate of drug-likeness (QED) is 0.600. The molecule has 0 unspecified atom stereocenters. The van der Waals surface area contributed by atoms with Crippen LogP contribution in [0.2, 0.25) is 0 Å². The molecule has 3 N–H and O–H groups in total. The highest BCUT2D eigenvalue weighted by atomic mass is 32.2. The molecule has 19 heavy (non-hydrogen) atoms. The molecule has 1 heterocycles. The number of hydrogen-bond acceptors (Lipinski definition) is 6. The zero-order valence-electron chi connectivity index (χ0n) is 11.5. The maximum Gasteiger partial charge on any atom is 0.208 e. The zero-order chi connectivity index (χ0) is 14.3. The van der Waals surface area contributed by atoms with Gasteiger partial charge in [0, 0.05) is 25.2 Å². The minimum absolute atomic E-state index is 0.322. The van der Waals surface area contributed by atoms with E-state index in [0.717, 1.165) is 36.4 Å². The highest BCUT2D eigenvalue weighted by Gasteiger charge is 2.08. The molecule has 0 aromatic carbocycles. The second-order valence-electron chi connectivity index (χ2n) is 4.03. The van der Waals surface area contributed by atoms with Crippen LogP contribution < -0.4 is 15.4 Å². The molecule has 1 aromatic rings. The van der Waals surface area contributed by atoms with E-state index in [1.165, 1.54) is 6.33 Å². The SMILES string of the molecule is CCNc1ncnc(NCCNS(C)(=O)=O)c1CC. The van der Waals surface area contributed by atoms with Gasteiger partial charge in [-0.05, 0) is 13.3 Å². The number of nitrogens with zero attached hydrogens (tertiary/aromatic N) is 2. The maximum absolute atomic E-state index is 10.9. The molecule has 0 saturated carbocycles. The number of anilines is 2. The van der Waals surface area contributed by atoms with Crippen LogP contribution >= 0.6 is 0 Å². The van der Waals surface area contributed by atoms with Crippen molar-refractivity contribution < 1.29 is 8.42 Å². The van der Waals surface area contributed by atoms with Crippen molar-refractivity contribution in [3.8, 4) is 0 Å². The number of rotatable bonds is 8. The summed E-state index contributed by atoms with van der Waals surface area (Å²) in [5.74, 6) is 1.56. The largest absolute Gasteiger partial charge is 0.370 e. The Morgan fingerprint density at radius 3 is 2.26 bits per heavy atom. The molecule has 0 bridgehead atoms. The first-order valence-corrected chi connectivity index (χ1v) is 8.13. The van der Waals surface area contributed by atoms with Crippen LogP contribution in [0.25, 0.3) is 0 Å². The first-order valence-electron chi connectivity index (χ1n) is 6.24. The minimum atomic E-state index is -3.15. The first kappa shape index (κ1) is 15.6. The molecule has 0 amide bonds. The van der Waals surface area contributed by atoms with Gasteiger partial charge in [0.15, 0.2) is 0 Å². The summed E-state index contributed by atoms with van der Waals surface area (Å²) in [6.45, 7) is 5.62. The Morgan fingerprint density at radius 1 is 1.11 bits per heavy atom.